The van der Waals surface area contributed by atoms with Crippen LogP contribution in [-0.2, 0) is 16.4 Å². The van der Waals surface area contributed by atoms with E-state index in [1.165, 1.54) is 15.8 Å². The second-order valence-corrected chi connectivity index (χ2v) is 10.4. The normalized spacial score (nSPS) is 16.0. The van der Waals surface area contributed by atoms with Crippen molar-refractivity contribution in [1.82, 2.24) is 14.3 Å². The number of anilines is 1. The van der Waals surface area contributed by atoms with Crippen molar-refractivity contribution in [2.24, 2.45) is 0 Å². The Balaban J connectivity index is 1.54. The molecule has 158 valence electrons. The molecule has 0 amide bonds. The number of piperazine rings is 1. The summed E-state index contributed by atoms with van der Waals surface area (Å²) in [6, 6.07) is 9.48. The highest BCUT2D eigenvalue weighted by Crippen LogP contribution is 2.35. The van der Waals surface area contributed by atoms with E-state index in [2.05, 4.69) is 25.7 Å². The van der Waals surface area contributed by atoms with Crippen molar-refractivity contribution in [2.75, 3.05) is 31.1 Å². The van der Waals surface area contributed by atoms with E-state index in [-0.39, 0.29) is 0 Å². The number of thiophene rings is 1. The molecule has 30 heavy (non-hydrogen) atoms. The standard InChI is InChI=1S/C22H26N4O2S2/c1-4-19-23-21(20-16(2)17(3)29-22(20)24-19)25-11-13-26(14-12-25)30(27,28)15-10-18-8-6-5-7-9-18/h5-10,15H,4,11-14H2,1-3H3/b15-10+. The van der Waals surface area contributed by atoms with Crippen LogP contribution < -0.4 is 4.90 Å². The van der Waals surface area contributed by atoms with E-state index in [9.17, 15) is 8.42 Å². The van der Waals surface area contributed by atoms with Crippen molar-refractivity contribution in [3.8, 4) is 0 Å². The molecule has 0 bridgehead atoms. The van der Waals surface area contributed by atoms with E-state index in [1.807, 2.05) is 30.3 Å². The first-order valence-electron chi connectivity index (χ1n) is 10.1. The van der Waals surface area contributed by atoms with Gasteiger partial charge in [-0.05, 0) is 31.1 Å². The zero-order chi connectivity index (χ0) is 21.3. The van der Waals surface area contributed by atoms with Crippen LogP contribution in [0.3, 0.4) is 0 Å². The number of rotatable bonds is 5. The Morgan fingerprint density at radius 2 is 1.77 bits per heavy atom. The average molecular weight is 443 g/mol. The number of hydrogen-bond acceptors (Lipinski definition) is 6. The molecule has 0 atom stereocenters. The Morgan fingerprint density at radius 1 is 1.07 bits per heavy atom. The Hall–Kier alpha value is -2.29. The first-order chi connectivity index (χ1) is 14.4. The fraction of sp³-hybridized carbons (Fsp3) is 0.364. The van der Waals surface area contributed by atoms with E-state index >= 15 is 0 Å². The Labute approximate surface area is 181 Å². The van der Waals surface area contributed by atoms with Crippen molar-refractivity contribution in [2.45, 2.75) is 27.2 Å². The molecule has 8 heteroatoms. The van der Waals surface area contributed by atoms with Gasteiger partial charge in [-0.15, -0.1) is 11.3 Å². The molecule has 1 aliphatic heterocycles. The van der Waals surface area contributed by atoms with Gasteiger partial charge in [-0.3, -0.25) is 0 Å². The first-order valence-corrected chi connectivity index (χ1v) is 12.5. The molecule has 0 aliphatic carbocycles. The maximum Gasteiger partial charge on any atom is 0.236 e. The quantitative estimate of drug-likeness (QED) is 0.598. The third-order valence-corrected chi connectivity index (χ3v) is 8.17. The molecule has 0 saturated carbocycles. The van der Waals surface area contributed by atoms with Crippen LogP contribution in [-0.4, -0.2) is 48.9 Å². The highest BCUT2D eigenvalue weighted by molar-refractivity contribution is 7.92. The predicted molar refractivity (Wildman–Crippen MR) is 124 cm³/mol. The first kappa shape index (κ1) is 21.0. The summed E-state index contributed by atoms with van der Waals surface area (Å²) in [6.07, 6.45) is 2.43. The van der Waals surface area contributed by atoms with E-state index in [4.69, 9.17) is 9.97 Å². The molecule has 4 rings (SSSR count). The topological polar surface area (TPSA) is 66.4 Å². The number of sulfonamides is 1. The molecule has 2 aromatic heterocycles. The summed E-state index contributed by atoms with van der Waals surface area (Å²) >= 11 is 1.70. The smallest absolute Gasteiger partial charge is 0.236 e. The summed E-state index contributed by atoms with van der Waals surface area (Å²) < 4.78 is 27.1. The number of hydrogen-bond donors (Lipinski definition) is 0. The number of aromatic nitrogens is 2. The minimum Gasteiger partial charge on any atom is -0.353 e. The Bertz CT molecular complexity index is 1180. The van der Waals surface area contributed by atoms with E-state index in [1.54, 1.807) is 21.7 Å². The van der Waals surface area contributed by atoms with Crippen molar-refractivity contribution >= 4 is 43.5 Å². The van der Waals surface area contributed by atoms with Crippen molar-refractivity contribution in [1.29, 1.82) is 0 Å². The number of benzene rings is 1. The van der Waals surface area contributed by atoms with Crippen LogP contribution in [0, 0.1) is 13.8 Å². The van der Waals surface area contributed by atoms with Crippen molar-refractivity contribution in [3.63, 3.8) is 0 Å². The molecule has 3 aromatic rings. The van der Waals surface area contributed by atoms with Crippen LogP contribution in [0.1, 0.15) is 28.8 Å². The summed E-state index contributed by atoms with van der Waals surface area (Å²) in [6.45, 7) is 8.39. The maximum absolute atomic E-state index is 12.8. The summed E-state index contributed by atoms with van der Waals surface area (Å²) in [5.41, 5.74) is 2.09. The summed E-state index contributed by atoms with van der Waals surface area (Å²) in [4.78, 5) is 14.0. The van der Waals surface area contributed by atoms with Crippen LogP contribution in [0.5, 0.6) is 0 Å². The summed E-state index contributed by atoms with van der Waals surface area (Å²) in [5.74, 6) is 1.77. The molecule has 1 fully saturated rings. The largest absolute Gasteiger partial charge is 0.353 e. The molecular weight excluding hydrogens is 416 g/mol. The highest BCUT2D eigenvalue weighted by Gasteiger charge is 2.27. The summed E-state index contributed by atoms with van der Waals surface area (Å²) in [7, 11) is -3.45. The van der Waals surface area contributed by atoms with Gasteiger partial charge in [0, 0.05) is 42.9 Å². The van der Waals surface area contributed by atoms with E-state index < -0.39 is 10.0 Å². The predicted octanol–water partition coefficient (Wildman–Crippen LogP) is 3.99. The van der Waals surface area contributed by atoms with Crippen molar-refractivity contribution < 1.29 is 8.42 Å². The summed E-state index contributed by atoms with van der Waals surface area (Å²) in [5, 5.41) is 2.41. The molecular formula is C22H26N4O2S2. The fourth-order valence-corrected chi connectivity index (χ4v) is 5.84. The van der Waals surface area contributed by atoms with Crippen molar-refractivity contribution in [3.05, 3.63) is 57.6 Å². The lowest BCUT2D eigenvalue weighted by atomic mass is 10.2. The molecule has 1 aliphatic rings. The van der Waals surface area contributed by atoms with Crippen LogP contribution in [0.4, 0.5) is 5.82 Å². The van der Waals surface area contributed by atoms with Crippen LogP contribution >= 0.6 is 11.3 Å². The maximum atomic E-state index is 12.8. The van der Waals surface area contributed by atoms with Gasteiger partial charge >= 0.3 is 0 Å². The molecule has 1 aromatic carbocycles. The minimum atomic E-state index is -3.45. The highest BCUT2D eigenvalue weighted by atomic mass is 32.2. The molecule has 0 spiro atoms. The zero-order valence-electron chi connectivity index (χ0n) is 17.5. The monoisotopic (exact) mass is 442 g/mol. The van der Waals surface area contributed by atoms with E-state index in [0.29, 0.717) is 26.2 Å². The Morgan fingerprint density at radius 3 is 2.43 bits per heavy atom. The SMILES string of the molecule is CCc1nc(N2CCN(S(=O)(=O)/C=C/c3ccccc3)CC2)c2c(C)c(C)sc2n1. The second kappa shape index (κ2) is 8.45. The average Bonchev–Trinajstić information content (AvgIpc) is 3.06. The Kier molecular flexibility index (Phi) is 5.90. The number of nitrogens with zero attached hydrogens (tertiary/aromatic N) is 4. The molecule has 0 radical (unpaired) electrons. The van der Waals surface area contributed by atoms with Gasteiger partial charge in [-0.25, -0.2) is 18.4 Å². The molecule has 1 saturated heterocycles. The lowest BCUT2D eigenvalue weighted by Gasteiger charge is -2.34. The van der Waals surface area contributed by atoms with Crippen LogP contribution in [0.15, 0.2) is 35.7 Å². The number of fused-ring (bicyclic) bond motifs is 1. The van der Waals surface area contributed by atoms with Crippen LogP contribution in [0.2, 0.25) is 0 Å². The van der Waals surface area contributed by atoms with Crippen LogP contribution in [0.25, 0.3) is 16.3 Å². The zero-order valence-corrected chi connectivity index (χ0v) is 19.1. The minimum absolute atomic E-state index is 0.441. The molecule has 3 heterocycles. The third-order valence-electron chi connectivity index (χ3n) is 5.50. The number of aryl methyl sites for hydroxylation is 3. The van der Waals surface area contributed by atoms with Gasteiger partial charge in [0.25, 0.3) is 0 Å². The van der Waals surface area contributed by atoms with Gasteiger partial charge in [-0.1, -0.05) is 37.3 Å². The fourth-order valence-electron chi connectivity index (χ4n) is 3.63. The molecule has 0 unspecified atom stereocenters. The molecule has 6 nitrogen and oxygen atoms in total. The lowest BCUT2D eigenvalue weighted by molar-refractivity contribution is 0.389. The van der Waals surface area contributed by atoms with Gasteiger partial charge in [0.15, 0.2) is 0 Å². The van der Waals surface area contributed by atoms with Gasteiger partial charge < -0.3 is 4.90 Å². The van der Waals surface area contributed by atoms with Gasteiger partial charge in [-0.2, -0.15) is 4.31 Å². The van der Waals surface area contributed by atoms with Gasteiger partial charge in [0.2, 0.25) is 10.0 Å². The van der Waals surface area contributed by atoms with E-state index in [0.717, 1.165) is 33.8 Å². The van der Waals surface area contributed by atoms with Gasteiger partial charge in [0.05, 0.1) is 5.39 Å². The third kappa shape index (κ3) is 4.12. The molecule has 0 N–H and O–H groups in total. The lowest BCUT2D eigenvalue weighted by Crippen LogP contribution is -2.48. The second-order valence-electron chi connectivity index (χ2n) is 7.42. The van der Waals surface area contributed by atoms with Gasteiger partial charge in [0.1, 0.15) is 16.5 Å².